The van der Waals surface area contributed by atoms with Crippen LogP contribution in [0.4, 0.5) is 0 Å². The SMILES string of the molecule is NCc1cc(Sc2cnccn2)nc2ccccc12. The smallest absolute Gasteiger partial charge is 0.121 e. The van der Waals surface area contributed by atoms with E-state index in [4.69, 9.17) is 5.73 Å². The monoisotopic (exact) mass is 268 g/mol. The van der Waals surface area contributed by atoms with E-state index in [1.54, 1.807) is 18.6 Å². The highest BCUT2D eigenvalue weighted by atomic mass is 32.2. The normalized spacial score (nSPS) is 10.8. The maximum absolute atomic E-state index is 5.81. The van der Waals surface area contributed by atoms with Crippen molar-refractivity contribution in [3.05, 3.63) is 54.5 Å². The molecule has 0 unspecified atom stereocenters. The van der Waals surface area contributed by atoms with Crippen LogP contribution in [0.15, 0.2) is 59.0 Å². The standard InChI is InChI=1S/C14H12N4S/c15-8-10-7-13(19-14-9-16-5-6-17-14)18-12-4-2-1-3-11(10)12/h1-7,9H,8,15H2. The number of fused-ring (bicyclic) bond motifs is 1. The molecule has 0 radical (unpaired) electrons. The molecule has 0 aliphatic heterocycles. The molecule has 0 amide bonds. The van der Waals surface area contributed by atoms with Gasteiger partial charge in [0.1, 0.15) is 10.1 Å². The molecule has 1 aromatic carbocycles. The first-order chi connectivity index (χ1) is 9.36. The molecule has 0 fully saturated rings. The molecular formula is C14H12N4S. The highest BCUT2D eigenvalue weighted by Gasteiger charge is 2.06. The molecule has 0 saturated heterocycles. The van der Waals surface area contributed by atoms with Crippen LogP contribution in [0, 0.1) is 0 Å². The quantitative estimate of drug-likeness (QED) is 0.791. The van der Waals surface area contributed by atoms with Gasteiger partial charge >= 0.3 is 0 Å². The van der Waals surface area contributed by atoms with E-state index in [1.807, 2.05) is 30.3 Å². The third kappa shape index (κ3) is 2.57. The summed E-state index contributed by atoms with van der Waals surface area (Å²) in [6.45, 7) is 0.497. The van der Waals surface area contributed by atoms with Crippen molar-refractivity contribution in [2.75, 3.05) is 0 Å². The van der Waals surface area contributed by atoms with Gasteiger partial charge in [-0.05, 0) is 29.5 Å². The predicted molar refractivity (Wildman–Crippen MR) is 75.8 cm³/mol. The van der Waals surface area contributed by atoms with Crippen molar-refractivity contribution >= 4 is 22.7 Å². The van der Waals surface area contributed by atoms with Crippen LogP contribution in [-0.4, -0.2) is 15.0 Å². The molecule has 94 valence electrons. The Morgan fingerprint density at radius 2 is 2.00 bits per heavy atom. The number of aromatic nitrogens is 3. The van der Waals surface area contributed by atoms with Gasteiger partial charge in [-0.25, -0.2) is 9.97 Å². The van der Waals surface area contributed by atoms with Crippen molar-refractivity contribution in [1.82, 2.24) is 15.0 Å². The second-order valence-corrected chi connectivity index (χ2v) is 5.03. The van der Waals surface area contributed by atoms with E-state index >= 15 is 0 Å². The van der Waals surface area contributed by atoms with Crippen molar-refractivity contribution in [3.63, 3.8) is 0 Å². The minimum absolute atomic E-state index is 0.497. The summed E-state index contributed by atoms with van der Waals surface area (Å²) in [5.41, 5.74) is 7.86. The number of benzene rings is 1. The van der Waals surface area contributed by atoms with Gasteiger partial charge in [-0.1, -0.05) is 18.2 Å². The Labute approximate surface area is 115 Å². The minimum Gasteiger partial charge on any atom is -0.326 e. The summed E-state index contributed by atoms with van der Waals surface area (Å²) in [6, 6.07) is 10.0. The van der Waals surface area contributed by atoms with Gasteiger partial charge in [-0.3, -0.25) is 4.98 Å². The average Bonchev–Trinajstić information content (AvgIpc) is 2.47. The highest BCUT2D eigenvalue weighted by Crippen LogP contribution is 2.27. The van der Waals surface area contributed by atoms with Crippen molar-refractivity contribution in [3.8, 4) is 0 Å². The highest BCUT2D eigenvalue weighted by molar-refractivity contribution is 7.99. The summed E-state index contributed by atoms with van der Waals surface area (Å²) < 4.78 is 0. The molecule has 0 aliphatic rings. The van der Waals surface area contributed by atoms with Gasteiger partial charge in [-0.2, -0.15) is 0 Å². The molecule has 2 heterocycles. The fourth-order valence-electron chi connectivity index (χ4n) is 1.89. The van der Waals surface area contributed by atoms with Crippen LogP contribution >= 0.6 is 11.8 Å². The van der Waals surface area contributed by atoms with E-state index in [2.05, 4.69) is 15.0 Å². The number of para-hydroxylation sites is 1. The van der Waals surface area contributed by atoms with Crippen LogP contribution in [0.3, 0.4) is 0 Å². The Balaban J connectivity index is 2.05. The van der Waals surface area contributed by atoms with Crippen LogP contribution < -0.4 is 5.73 Å². The Kier molecular flexibility index (Phi) is 3.39. The number of rotatable bonds is 3. The molecule has 3 rings (SSSR count). The number of hydrogen-bond acceptors (Lipinski definition) is 5. The number of hydrogen-bond donors (Lipinski definition) is 1. The van der Waals surface area contributed by atoms with Gasteiger partial charge in [0, 0.05) is 24.3 Å². The largest absolute Gasteiger partial charge is 0.326 e. The Morgan fingerprint density at radius 3 is 2.79 bits per heavy atom. The van der Waals surface area contributed by atoms with Crippen LogP contribution in [0.25, 0.3) is 10.9 Å². The zero-order valence-corrected chi connectivity index (χ0v) is 11.0. The van der Waals surface area contributed by atoms with Crippen molar-refractivity contribution in [1.29, 1.82) is 0 Å². The first-order valence-electron chi connectivity index (χ1n) is 5.89. The summed E-state index contributed by atoms with van der Waals surface area (Å²) in [4.78, 5) is 12.9. The van der Waals surface area contributed by atoms with E-state index in [1.165, 1.54) is 11.8 Å². The zero-order chi connectivity index (χ0) is 13.1. The molecule has 0 bridgehead atoms. The number of nitrogens with two attached hydrogens (primary N) is 1. The van der Waals surface area contributed by atoms with Gasteiger partial charge in [0.2, 0.25) is 0 Å². The fourth-order valence-corrected chi connectivity index (χ4v) is 2.67. The first-order valence-corrected chi connectivity index (χ1v) is 6.71. The summed E-state index contributed by atoms with van der Waals surface area (Å²) in [7, 11) is 0. The average molecular weight is 268 g/mol. The van der Waals surface area contributed by atoms with E-state index in [0.29, 0.717) is 6.54 Å². The van der Waals surface area contributed by atoms with Gasteiger partial charge in [0.15, 0.2) is 0 Å². The Morgan fingerprint density at radius 1 is 1.11 bits per heavy atom. The predicted octanol–water partition coefficient (Wildman–Crippen LogP) is 2.63. The van der Waals surface area contributed by atoms with Crippen molar-refractivity contribution in [2.24, 2.45) is 5.73 Å². The lowest BCUT2D eigenvalue weighted by Crippen LogP contribution is -1.99. The molecule has 19 heavy (non-hydrogen) atoms. The van der Waals surface area contributed by atoms with Gasteiger partial charge in [-0.15, -0.1) is 0 Å². The lowest BCUT2D eigenvalue weighted by atomic mass is 10.1. The van der Waals surface area contributed by atoms with Crippen LogP contribution in [0.5, 0.6) is 0 Å². The van der Waals surface area contributed by atoms with Crippen LogP contribution in [0.1, 0.15) is 5.56 Å². The molecule has 0 spiro atoms. The Bertz CT molecular complexity index is 700. The maximum atomic E-state index is 5.81. The lowest BCUT2D eigenvalue weighted by molar-refractivity contribution is 1.03. The molecule has 2 N–H and O–H groups in total. The molecule has 4 nitrogen and oxygen atoms in total. The van der Waals surface area contributed by atoms with Gasteiger partial charge < -0.3 is 5.73 Å². The van der Waals surface area contributed by atoms with Crippen molar-refractivity contribution in [2.45, 2.75) is 16.6 Å². The molecule has 2 aromatic heterocycles. The third-order valence-corrected chi connectivity index (χ3v) is 3.59. The Hall–Kier alpha value is -1.98. The molecule has 0 saturated carbocycles. The topological polar surface area (TPSA) is 64.7 Å². The van der Waals surface area contributed by atoms with Gasteiger partial charge in [0.25, 0.3) is 0 Å². The zero-order valence-electron chi connectivity index (χ0n) is 10.2. The third-order valence-electron chi connectivity index (χ3n) is 2.75. The van der Waals surface area contributed by atoms with E-state index in [9.17, 15) is 0 Å². The van der Waals surface area contributed by atoms with Crippen molar-refractivity contribution < 1.29 is 0 Å². The van der Waals surface area contributed by atoms with E-state index in [-0.39, 0.29) is 0 Å². The second-order valence-electron chi connectivity index (χ2n) is 3.99. The summed E-state index contributed by atoms with van der Waals surface area (Å²) in [5, 5.41) is 2.82. The van der Waals surface area contributed by atoms with Crippen LogP contribution in [0.2, 0.25) is 0 Å². The molecule has 0 atom stereocenters. The number of nitrogens with zero attached hydrogens (tertiary/aromatic N) is 3. The molecule has 5 heteroatoms. The molecule has 3 aromatic rings. The fraction of sp³-hybridized carbons (Fsp3) is 0.0714. The van der Waals surface area contributed by atoms with E-state index in [0.717, 1.165) is 26.5 Å². The second kappa shape index (κ2) is 5.34. The summed E-state index contributed by atoms with van der Waals surface area (Å²) in [5.74, 6) is 0. The molecule has 0 aliphatic carbocycles. The van der Waals surface area contributed by atoms with E-state index < -0.39 is 0 Å². The van der Waals surface area contributed by atoms with Crippen LogP contribution in [-0.2, 0) is 6.54 Å². The van der Waals surface area contributed by atoms with Gasteiger partial charge in [0.05, 0.1) is 11.7 Å². The number of pyridine rings is 1. The molecular weight excluding hydrogens is 256 g/mol. The maximum Gasteiger partial charge on any atom is 0.121 e. The first kappa shape index (κ1) is 12.1. The summed E-state index contributed by atoms with van der Waals surface area (Å²) >= 11 is 1.49. The minimum atomic E-state index is 0.497. The lowest BCUT2D eigenvalue weighted by Gasteiger charge is -2.07. The summed E-state index contributed by atoms with van der Waals surface area (Å²) in [6.07, 6.45) is 5.06.